The molecule has 6 aromatic carbocycles. The van der Waals surface area contributed by atoms with E-state index in [9.17, 15) is 5.26 Å². The van der Waals surface area contributed by atoms with Crippen LogP contribution >= 0.6 is 0 Å². The third-order valence-electron chi connectivity index (χ3n) is 8.53. The lowest BCUT2D eigenvalue weighted by Gasteiger charge is -2.42. The Labute approximate surface area is 247 Å². The maximum absolute atomic E-state index is 10.4. The van der Waals surface area contributed by atoms with Crippen LogP contribution in [0.3, 0.4) is 0 Å². The van der Waals surface area contributed by atoms with Crippen LogP contribution in [0, 0.1) is 11.3 Å². The van der Waals surface area contributed by atoms with E-state index in [1.807, 2.05) is 24.3 Å². The van der Waals surface area contributed by atoms with Gasteiger partial charge < -0.3 is 4.90 Å². The predicted octanol–water partition coefficient (Wildman–Crippen LogP) is 10.7. The van der Waals surface area contributed by atoms with E-state index >= 15 is 0 Å². The average molecular weight is 539 g/mol. The lowest BCUT2D eigenvalue weighted by molar-refractivity contribution is 0.632. The van der Waals surface area contributed by atoms with Gasteiger partial charge in [0.05, 0.1) is 16.9 Å². The lowest BCUT2D eigenvalue weighted by Crippen LogP contribution is -2.30. The zero-order chi connectivity index (χ0) is 28.7. The monoisotopic (exact) mass is 538 g/mol. The van der Waals surface area contributed by atoms with E-state index in [1.54, 1.807) is 0 Å². The smallest absolute Gasteiger partial charge is 0.100 e. The Kier molecular flexibility index (Phi) is 6.22. The average Bonchev–Trinajstić information content (AvgIpc) is 3.05. The Bertz CT molecular complexity index is 1960. The van der Waals surface area contributed by atoms with Gasteiger partial charge in [-0.25, -0.2) is 0 Å². The summed E-state index contributed by atoms with van der Waals surface area (Å²) in [5, 5.41) is 10.4. The Hall–Kier alpha value is -5.39. The Morgan fingerprint density at radius 1 is 0.500 bits per heavy atom. The molecule has 42 heavy (non-hydrogen) atoms. The molecule has 0 radical (unpaired) electrons. The van der Waals surface area contributed by atoms with Crippen molar-refractivity contribution in [2.75, 3.05) is 4.90 Å². The fraction of sp³-hybridized carbons (Fsp3) is 0.0750. The molecule has 6 aromatic rings. The van der Waals surface area contributed by atoms with Crippen LogP contribution < -0.4 is 4.90 Å². The van der Waals surface area contributed by atoms with Gasteiger partial charge in [0.2, 0.25) is 0 Å². The summed E-state index contributed by atoms with van der Waals surface area (Å²) in [6.45, 7) is 4.63. The van der Waals surface area contributed by atoms with Crippen molar-refractivity contribution in [1.29, 1.82) is 5.26 Å². The maximum Gasteiger partial charge on any atom is 0.100 e. The minimum atomic E-state index is -0.159. The van der Waals surface area contributed by atoms with Gasteiger partial charge in [-0.15, -0.1) is 0 Å². The van der Waals surface area contributed by atoms with Crippen LogP contribution in [0.5, 0.6) is 0 Å². The molecule has 0 aromatic heterocycles. The van der Waals surface area contributed by atoms with Crippen LogP contribution in [-0.4, -0.2) is 0 Å². The number of hydrogen-bond donors (Lipinski definition) is 0. The molecule has 7 rings (SSSR count). The third kappa shape index (κ3) is 4.10. The molecule has 1 aliphatic heterocycles. The van der Waals surface area contributed by atoms with Crippen LogP contribution in [0.1, 0.15) is 30.5 Å². The second kappa shape index (κ2) is 10.2. The highest BCUT2D eigenvalue weighted by Crippen LogP contribution is 2.53. The number of anilines is 3. The van der Waals surface area contributed by atoms with E-state index in [4.69, 9.17) is 0 Å². The number of benzene rings is 6. The van der Waals surface area contributed by atoms with Gasteiger partial charge in [0.1, 0.15) is 6.07 Å². The molecule has 0 N–H and O–H groups in total. The largest absolute Gasteiger partial charge is 0.310 e. The van der Waals surface area contributed by atoms with Crippen molar-refractivity contribution in [1.82, 2.24) is 0 Å². The molecule has 0 bridgehead atoms. The van der Waals surface area contributed by atoms with Gasteiger partial charge in [0.25, 0.3) is 0 Å². The number of para-hydroxylation sites is 2. The summed E-state index contributed by atoms with van der Waals surface area (Å²) in [6, 6.07) is 53.5. The molecule has 0 amide bonds. The first-order valence-corrected chi connectivity index (χ1v) is 14.4. The first-order chi connectivity index (χ1) is 20.6. The zero-order valence-electron chi connectivity index (χ0n) is 23.8. The van der Waals surface area contributed by atoms with Crippen molar-refractivity contribution >= 4 is 17.1 Å². The summed E-state index contributed by atoms with van der Waals surface area (Å²) < 4.78 is 0. The Morgan fingerprint density at radius 2 is 1.10 bits per heavy atom. The van der Waals surface area contributed by atoms with E-state index in [0.29, 0.717) is 5.56 Å². The van der Waals surface area contributed by atoms with Gasteiger partial charge in [-0.3, -0.25) is 0 Å². The molecule has 200 valence electrons. The van der Waals surface area contributed by atoms with Gasteiger partial charge in [-0.05, 0) is 57.6 Å². The second-order valence-electron chi connectivity index (χ2n) is 11.3. The minimum absolute atomic E-state index is 0.159. The van der Waals surface area contributed by atoms with Crippen molar-refractivity contribution in [3.63, 3.8) is 0 Å². The number of nitriles is 1. The Balaban J connectivity index is 1.44. The standard InChI is InChI=1S/C40H30N2/c1-40(2)36-22-11-12-23-38(36)42(30-16-7-4-8-17-30)39-26-29(24-25-37(39)40)32-18-9-10-19-33(32)34-21-13-20-31(35(34)27-41)28-14-5-3-6-15-28/h3-26H,1-2H3. The van der Waals surface area contributed by atoms with Crippen molar-refractivity contribution in [2.24, 2.45) is 0 Å². The quantitative estimate of drug-likeness (QED) is 0.223. The molecule has 0 unspecified atom stereocenters. The van der Waals surface area contributed by atoms with Gasteiger partial charge in [-0.2, -0.15) is 5.26 Å². The lowest BCUT2D eigenvalue weighted by atomic mass is 9.73. The van der Waals surface area contributed by atoms with Crippen LogP contribution in [-0.2, 0) is 5.41 Å². The summed E-state index contributed by atoms with van der Waals surface area (Å²) in [5.41, 5.74) is 12.8. The van der Waals surface area contributed by atoms with Crippen molar-refractivity contribution in [2.45, 2.75) is 19.3 Å². The first-order valence-electron chi connectivity index (χ1n) is 14.4. The molecule has 0 fully saturated rings. The predicted molar refractivity (Wildman–Crippen MR) is 174 cm³/mol. The van der Waals surface area contributed by atoms with E-state index in [-0.39, 0.29) is 5.41 Å². The summed E-state index contributed by atoms with van der Waals surface area (Å²) in [7, 11) is 0. The summed E-state index contributed by atoms with van der Waals surface area (Å²) in [4.78, 5) is 2.39. The van der Waals surface area contributed by atoms with Crippen molar-refractivity contribution in [3.05, 3.63) is 162 Å². The highest BCUT2D eigenvalue weighted by Gasteiger charge is 2.37. The highest BCUT2D eigenvalue weighted by atomic mass is 15.2. The molecule has 2 heteroatoms. The molecule has 1 heterocycles. The molecule has 1 aliphatic rings. The van der Waals surface area contributed by atoms with Gasteiger partial charge >= 0.3 is 0 Å². The summed E-state index contributed by atoms with van der Waals surface area (Å²) >= 11 is 0. The third-order valence-corrected chi connectivity index (χ3v) is 8.53. The molecule has 0 atom stereocenters. The topological polar surface area (TPSA) is 27.0 Å². The van der Waals surface area contributed by atoms with Crippen molar-refractivity contribution in [3.8, 4) is 39.4 Å². The summed E-state index contributed by atoms with van der Waals surface area (Å²) in [6.07, 6.45) is 0. The molecule has 0 saturated carbocycles. The van der Waals surface area contributed by atoms with Crippen LogP contribution in [0.15, 0.2) is 146 Å². The molecule has 0 saturated heterocycles. The van der Waals surface area contributed by atoms with Gasteiger partial charge in [-0.1, -0.05) is 135 Å². The number of nitrogens with zero attached hydrogens (tertiary/aromatic N) is 2. The van der Waals surface area contributed by atoms with Crippen LogP contribution in [0.4, 0.5) is 17.1 Å². The van der Waals surface area contributed by atoms with E-state index in [0.717, 1.165) is 39.1 Å². The number of rotatable bonds is 4. The maximum atomic E-state index is 10.4. The molecule has 2 nitrogen and oxygen atoms in total. The van der Waals surface area contributed by atoms with Gasteiger partial charge in [0, 0.05) is 22.2 Å². The number of hydrogen-bond acceptors (Lipinski definition) is 2. The second-order valence-corrected chi connectivity index (χ2v) is 11.3. The van der Waals surface area contributed by atoms with E-state index in [2.05, 4.69) is 146 Å². The first kappa shape index (κ1) is 25.6. The normalized spacial score (nSPS) is 13.1. The van der Waals surface area contributed by atoms with Crippen molar-refractivity contribution < 1.29 is 0 Å². The SMILES string of the molecule is CC1(C)c2ccccc2N(c2ccccc2)c2cc(-c3ccccc3-c3cccc(-c4ccccc4)c3C#N)ccc21. The fourth-order valence-electron chi connectivity index (χ4n) is 6.47. The molecule has 0 spiro atoms. The van der Waals surface area contributed by atoms with Crippen LogP contribution in [0.2, 0.25) is 0 Å². The van der Waals surface area contributed by atoms with Crippen LogP contribution in [0.25, 0.3) is 33.4 Å². The fourth-order valence-corrected chi connectivity index (χ4v) is 6.47. The van der Waals surface area contributed by atoms with Gasteiger partial charge in [0.15, 0.2) is 0 Å². The Morgan fingerprint density at radius 3 is 1.86 bits per heavy atom. The van der Waals surface area contributed by atoms with E-state index in [1.165, 1.54) is 22.5 Å². The molecular formula is C40H30N2. The van der Waals surface area contributed by atoms with E-state index < -0.39 is 0 Å². The number of fused-ring (bicyclic) bond motifs is 2. The highest BCUT2D eigenvalue weighted by molar-refractivity contribution is 5.93. The minimum Gasteiger partial charge on any atom is -0.310 e. The molecule has 0 aliphatic carbocycles. The molecular weight excluding hydrogens is 508 g/mol. The summed E-state index contributed by atoms with van der Waals surface area (Å²) in [5.74, 6) is 0. The zero-order valence-corrected chi connectivity index (χ0v) is 23.8.